The Hall–Kier alpha value is -2.15. The van der Waals surface area contributed by atoms with Gasteiger partial charge in [-0.1, -0.05) is 0 Å². The first kappa shape index (κ1) is 14.3. The normalized spacial score (nSPS) is 10.3. The molecule has 2 heterocycles. The molecule has 2 N–H and O–H groups in total. The highest BCUT2D eigenvalue weighted by atomic mass is 79.9. The number of carboxylic acid groups (broad SMARTS) is 1. The van der Waals surface area contributed by atoms with Gasteiger partial charge in [-0.2, -0.15) is 0 Å². The molecule has 0 saturated heterocycles. The molecule has 0 aliphatic carbocycles. The zero-order valence-electron chi connectivity index (χ0n) is 10.6. The highest BCUT2D eigenvalue weighted by molar-refractivity contribution is 9.10. The molecule has 0 unspecified atom stereocenters. The van der Waals surface area contributed by atoms with Gasteiger partial charge in [0.05, 0.1) is 0 Å². The van der Waals surface area contributed by atoms with Crippen LogP contribution in [-0.2, 0) is 6.54 Å². The first-order chi connectivity index (χ1) is 9.51. The van der Waals surface area contributed by atoms with Crippen LogP contribution in [0.4, 0.5) is 5.69 Å². The van der Waals surface area contributed by atoms with Gasteiger partial charge in [0.1, 0.15) is 11.4 Å². The van der Waals surface area contributed by atoms with Crippen molar-refractivity contribution in [2.45, 2.75) is 13.5 Å². The van der Waals surface area contributed by atoms with Crippen LogP contribution in [-0.4, -0.2) is 26.5 Å². The fourth-order valence-electron chi connectivity index (χ4n) is 1.75. The molecule has 0 bridgehead atoms. The van der Waals surface area contributed by atoms with E-state index in [9.17, 15) is 9.59 Å². The summed E-state index contributed by atoms with van der Waals surface area (Å²) < 4.78 is 2.60. The summed E-state index contributed by atoms with van der Waals surface area (Å²) in [5.41, 5.74) is 0.769. The number of aromatic carboxylic acids is 1. The summed E-state index contributed by atoms with van der Waals surface area (Å²) >= 11 is 3.32. The molecule has 0 saturated carbocycles. The molecule has 7 heteroatoms. The standard InChI is InChI=1S/C13H12BrN3O3/c1-2-17-7-8(14)5-11(17)12(18)16-9-3-4-15-10(6-9)13(19)20/h3-7H,2H2,1H3,(H,19,20)(H,15,16,18). The van der Waals surface area contributed by atoms with E-state index in [4.69, 9.17) is 5.11 Å². The Labute approximate surface area is 123 Å². The first-order valence-electron chi connectivity index (χ1n) is 5.87. The van der Waals surface area contributed by atoms with Crippen LogP contribution in [0, 0.1) is 0 Å². The topological polar surface area (TPSA) is 84.2 Å². The van der Waals surface area contributed by atoms with Crippen LogP contribution >= 0.6 is 15.9 Å². The number of nitrogens with zero attached hydrogens (tertiary/aromatic N) is 2. The number of nitrogens with one attached hydrogen (secondary N) is 1. The number of carbonyl (C=O) groups excluding carboxylic acids is 1. The number of amides is 1. The van der Waals surface area contributed by atoms with Crippen LogP contribution in [0.1, 0.15) is 27.9 Å². The largest absolute Gasteiger partial charge is 0.477 e. The number of anilines is 1. The van der Waals surface area contributed by atoms with Crippen molar-refractivity contribution in [3.8, 4) is 0 Å². The van der Waals surface area contributed by atoms with Crippen LogP contribution in [0.3, 0.4) is 0 Å². The molecule has 2 aromatic heterocycles. The van der Waals surface area contributed by atoms with Gasteiger partial charge in [0.25, 0.3) is 5.91 Å². The Morgan fingerprint density at radius 3 is 2.85 bits per heavy atom. The van der Waals surface area contributed by atoms with Gasteiger partial charge in [0.15, 0.2) is 0 Å². The van der Waals surface area contributed by atoms with Gasteiger partial charge in [-0.15, -0.1) is 0 Å². The molecule has 20 heavy (non-hydrogen) atoms. The van der Waals surface area contributed by atoms with E-state index < -0.39 is 5.97 Å². The lowest BCUT2D eigenvalue weighted by atomic mass is 10.3. The van der Waals surface area contributed by atoms with E-state index in [1.807, 2.05) is 13.1 Å². The van der Waals surface area contributed by atoms with E-state index in [-0.39, 0.29) is 11.6 Å². The van der Waals surface area contributed by atoms with Gasteiger partial charge in [-0.3, -0.25) is 4.79 Å². The number of carbonyl (C=O) groups is 2. The molecular weight excluding hydrogens is 326 g/mol. The van der Waals surface area contributed by atoms with Gasteiger partial charge in [-0.05, 0) is 41.1 Å². The number of halogens is 1. The summed E-state index contributed by atoms with van der Waals surface area (Å²) in [4.78, 5) is 26.7. The predicted octanol–water partition coefficient (Wildman–Crippen LogP) is 2.62. The summed E-state index contributed by atoms with van der Waals surface area (Å²) in [6.07, 6.45) is 3.15. The van der Waals surface area contributed by atoms with Crippen molar-refractivity contribution in [1.29, 1.82) is 0 Å². The maximum absolute atomic E-state index is 12.2. The summed E-state index contributed by atoms with van der Waals surface area (Å²) in [6, 6.07) is 4.56. The molecule has 0 aromatic carbocycles. The van der Waals surface area contributed by atoms with E-state index in [1.54, 1.807) is 16.7 Å². The SMILES string of the molecule is CCn1cc(Br)cc1C(=O)Nc1ccnc(C(=O)O)c1. The van der Waals surface area contributed by atoms with E-state index in [0.717, 1.165) is 4.47 Å². The van der Waals surface area contributed by atoms with E-state index >= 15 is 0 Å². The van der Waals surface area contributed by atoms with E-state index in [2.05, 4.69) is 26.2 Å². The van der Waals surface area contributed by atoms with Crippen LogP contribution in [0.15, 0.2) is 35.1 Å². The monoisotopic (exact) mass is 337 g/mol. The number of aromatic nitrogens is 2. The Kier molecular flexibility index (Phi) is 4.19. The van der Waals surface area contributed by atoms with Crippen molar-refractivity contribution in [1.82, 2.24) is 9.55 Å². The second-order valence-corrected chi connectivity index (χ2v) is 4.93. The second kappa shape index (κ2) is 5.87. The van der Waals surface area contributed by atoms with Gasteiger partial charge >= 0.3 is 5.97 Å². The Bertz CT molecular complexity index is 667. The number of carboxylic acids is 1. The fraction of sp³-hybridized carbons (Fsp3) is 0.154. The average molecular weight is 338 g/mol. The van der Waals surface area contributed by atoms with Crippen LogP contribution < -0.4 is 5.32 Å². The van der Waals surface area contributed by atoms with E-state index in [1.165, 1.54) is 12.3 Å². The third kappa shape index (κ3) is 3.05. The van der Waals surface area contributed by atoms with Crippen molar-refractivity contribution >= 4 is 33.5 Å². The third-order valence-corrected chi connectivity index (χ3v) is 3.11. The Balaban J connectivity index is 2.23. The molecule has 0 atom stereocenters. The number of hydrogen-bond donors (Lipinski definition) is 2. The maximum atomic E-state index is 12.2. The van der Waals surface area contributed by atoms with Crippen LogP contribution in [0.5, 0.6) is 0 Å². The maximum Gasteiger partial charge on any atom is 0.354 e. The molecule has 104 valence electrons. The van der Waals surface area contributed by atoms with Crippen molar-refractivity contribution in [2.24, 2.45) is 0 Å². The molecule has 1 amide bonds. The van der Waals surface area contributed by atoms with Crippen molar-refractivity contribution < 1.29 is 14.7 Å². The van der Waals surface area contributed by atoms with Gasteiger partial charge in [0.2, 0.25) is 0 Å². The molecule has 0 radical (unpaired) electrons. The zero-order valence-corrected chi connectivity index (χ0v) is 12.2. The molecular formula is C13H12BrN3O3. The smallest absolute Gasteiger partial charge is 0.354 e. The molecule has 2 rings (SSSR count). The fourth-order valence-corrected chi connectivity index (χ4v) is 2.21. The van der Waals surface area contributed by atoms with E-state index in [0.29, 0.717) is 17.9 Å². The number of pyridine rings is 1. The Morgan fingerprint density at radius 2 is 2.20 bits per heavy atom. The summed E-state index contributed by atoms with van der Waals surface area (Å²) in [5, 5.41) is 11.5. The lowest BCUT2D eigenvalue weighted by Crippen LogP contribution is -2.16. The number of aryl methyl sites for hydroxylation is 1. The summed E-state index contributed by atoms with van der Waals surface area (Å²) in [5.74, 6) is -1.44. The second-order valence-electron chi connectivity index (χ2n) is 4.02. The minimum absolute atomic E-state index is 0.116. The highest BCUT2D eigenvalue weighted by Gasteiger charge is 2.13. The molecule has 0 aliphatic rings. The van der Waals surface area contributed by atoms with Crippen molar-refractivity contribution in [3.05, 3.63) is 46.5 Å². The van der Waals surface area contributed by atoms with Crippen LogP contribution in [0.25, 0.3) is 0 Å². The Morgan fingerprint density at radius 1 is 1.45 bits per heavy atom. The lowest BCUT2D eigenvalue weighted by Gasteiger charge is -2.07. The summed E-state index contributed by atoms with van der Waals surface area (Å²) in [6.45, 7) is 2.59. The predicted molar refractivity (Wildman–Crippen MR) is 77.0 cm³/mol. The van der Waals surface area contributed by atoms with Gasteiger partial charge in [0, 0.05) is 29.1 Å². The molecule has 0 spiro atoms. The van der Waals surface area contributed by atoms with Gasteiger partial charge in [-0.25, -0.2) is 9.78 Å². The van der Waals surface area contributed by atoms with Crippen LogP contribution in [0.2, 0.25) is 0 Å². The minimum Gasteiger partial charge on any atom is -0.477 e. The van der Waals surface area contributed by atoms with Crippen molar-refractivity contribution in [3.63, 3.8) is 0 Å². The number of rotatable bonds is 4. The first-order valence-corrected chi connectivity index (χ1v) is 6.67. The molecule has 0 aliphatic heterocycles. The average Bonchev–Trinajstić information content (AvgIpc) is 2.80. The third-order valence-electron chi connectivity index (χ3n) is 2.67. The molecule has 0 fully saturated rings. The molecule has 6 nitrogen and oxygen atoms in total. The van der Waals surface area contributed by atoms with Crippen molar-refractivity contribution in [2.75, 3.05) is 5.32 Å². The lowest BCUT2D eigenvalue weighted by molar-refractivity contribution is 0.0690. The molecule has 2 aromatic rings. The van der Waals surface area contributed by atoms with Gasteiger partial charge < -0.3 is 15.0 Å². The summed E-state index contributed by atoms with van der Waals surface area (Å²) in [7, 11) is 0. The minimum atomic E-state index is -1.14. The quantitative estimate of drug-likeness (QED) is 0.898. The zero-order chi connectivity index (χ0) is 14.7. The highest BCUT2D eigenvalue weighted by Crippen LogP contribution is 2.17. The number of hydrogen-bond acceptors (Lipinski definition) is 3.